The maximum atomic E-state index is 2.54. The van der Waals surface area contributed by atoms with E-state index in [0.29, 0.717) is 0 Å². The molecule has 0 fully saturated rings. The van der Waals surface area contributed by atoms with Crippen molar-refractivity contribution in [2.75, 3.05) is 11.4 Å². The fraction of sp³-hybridized carbons (Fsp3) is 0.238. The van der Waals surface area contributed by atoms with Gasteiger partial charge in [0.25, 0.3) is 0 Å². The predicted molar refractivity (Wildman–Crippen MR) is 94.5 cm³/mol. The zero-order valence-electron chi connectivity index (χ0n) is 13.0. The first kappa shape index (κ1) is 13.4. The highest BCUT2D eigenvalue weighted by Crippen LogP contribution is 2.30. The molecule has 4 rings (SSSR count). The molecule has 22 heavy (non-hydrogen) atoms. The third-order valence-corrected chi connectivity index (χ3v) is 4.69. The SMILES string of the molecule is Cc1ccc2c(c1)CCCN2Cc1cccc2ccccc12. The van der Waals surface area contributed by atoms with Crippen LogP contribution in [0.25, 0.3) is 10.8 Å². The van der Waals surface area contributed by atoms with Gasteiger partial charge in [-0.1, -0.05) is 60.2 Å². The first-order valence-electron chi connectivity index (χ1n) is 8.12. The van der Waals surface area contributed by atoms with E-state index in [1.807, 2.05) is 0 Å². The molecule has 1 heteroatoms. The third-order valence-electron chi connectivity index (χ3n) is 4.69. The van der Waals surface area contributed by atoms with E-state index in [4.69, 9.17) is 0 Å². The fourth-order valence-electron chi connectivity index (χ4n) is 3.60. The molecule has 3 aromatic rings. The molecule has 0 saturated heterocycles. The van der Waals surface area contributed by atoms with E-state index in [2.05, 4.69) is 72.5 Å². The van der Waals surface area contributed by atoms with Gasteiger partial charge in [0.1, 0.15) is 0 Å². The molecule has 1 nitrogen and oxygen atoms in total. The lowest BCUT2D eigenvalue weighted by Gasteiger charge is -2.32. The molecule has 0 saturated carbocycles. The molecule has 0 unspecified atom stereocenters. The van der Waals surface area contributed by atoms with Gasteiger partial charge in [-0.2, -0.15) is 0 Å². The number of aryl methyl sites for hydroxylation is 2. The Morgan fingerprint density at radius 1 is 0.955 bits per heavy atom. The summed E-state index contributed by atoms with van der Waals surface area (Å²) in [4.78, 5) is 2.54. The minimum absolute atomic E-state index is 0.997. The summed E-state index contributed by atoms with van der Waals surface area (Å²) in [5, 5.41) is 2.71. The molecule has 110 valence electrons. The van der Waals surface area contributed by atoms with Crippen LogP contribution >= 0.6 is 0 Å². The minimum atomic E-state index is 0.997. The van der Waals surface area contributed by atoms with Gasteiger partial charge in [-0.25, -0.2) is 0 Å². The van der Waals surface area contributed by atoms with Crippen molar-refractivity contribution in [3.05, 3.63) is 77.4 Å². The van der Waals surface area contributed by atoms with E-state index in [9.17, 15) is 0 Å². The lowest BCUT2D eigenvalue weighted by molar-refractivity contribution is 0.692. The van der Waals surface area contributed by atoms with Crippen LogP contribution in [0.3, 0.4) is 0 Å². The molecule has 0 amide bonds. The normalized spacial score (nSPS) is 14.1. The van der Waals surface area contributed by atoms with Crippen molar-refractivity contribution < 1.29 is 0 Å². The smallest absolute Gasteiger partial charge is 0.0435 e. The Hall–Kier alpha value is -2.28. The molecule has 1 heterocycles. The summed E-state index contributed by atoms with van der Waals surface area (Å²) in [5.74, 6) is 0. The van der Waals surface area contributed by atoms with Crippen LogP contribution < -0.4 is 4.90 Å². The number of hydrogen-bond acceptors (Lipinski definition) is 1. The van der Waals surface area contributed by atoms with Gasteiger partial charge in [-0.3, -0.25) is 0 Å². The Labute approximate surface area is 132 Å². The molecule has 0 atom stereocenters. The van der Waals surface area contributed by atoms with Crippen LogP contribution in [0.1, 0.15) is 23.1 Å². The Bertz CT molecular complexity index is 814. The second kappa shape index (κ2) is 5.49. The van der Waals surface area contributed by atoms with E-state index in [-0.39, 0.29) is 0 Å². The van der Waals surface area contributed by atoms with Crippen molar-refractivity contribution in [2.24, 2.45) is 0 Å². The second-order valence-corrected chi connectivity index (χ2v) is 6.30. The molecule has 0 aromatic heterocycles. The van der Waals surface area contributed by atoms with E-state index in [1.54, 1.807) is 0 Å². The molecule has 0 radical (unpaired) electrons. The molecular formula is C21H21N. The fourth-order valence-corrected chi connectivity index (χ4v) is 3.60. The Kier molecular flexibility index (Phi) is 3.34. The van der Waals surface area contributed by atoms with Gasteiger partial charge in [0.05, 0.1) is 0 Å². The van der Waals surface area contributed by atoms with E-state index in [1.165, 1.54) is 46.0 Å². The first-order valence-corrected chi connectivity index (χ1v) is 8.12. The number of fused-ring (bicyclic) bond motifs is 2. The molecule has 0 bridgehead atoms. The average molecular weight is 287 g/mol. The van der Waals surface area contributed by atoms with Crippen LogP contribution in [0.4, 0.5) is 5.69 Å². The summed E-state index contributed by atoms with van der Waals surface area (Å²) in [6, 6.07) is 22.2. The maximum Gasteiger partial charge on any atom is 0.0435 e. The minimum Gasteiger partial charge on any atom is -0.367 e. The van der Waals surface area contributed by atoms with Gasteiger partial charge in [0, 0.05) is 18.8 Å². The van der Waals surface area contributed by atoms with Crippen molar-refractivity contribution in [1.82, 2.24) is 0 Å². The summed E-state index contributed by atoms with van der Waals surface area (Å²) in [7, 11) is 0. The summed E-state index contributed by atoms with van der Waals surface area (Å²) >= 11 is 0. The number of benzene rings is 3. The van der Waals surface area contributed by atoms with Crippen molar-refractivity contribution in [3.8, 4) is 0 Å². The first-order chi connectivity index (χ1) is 10.8. The number of anilines is 1. The number of hydrogen-bond donors (Lipinski definition) is 0. The number of nitrogens with zero attached hydrogens (tertiary/aromatic N) is 1. The molecule has 1 aliphatic heterocycles. The molecule has 0 spiro atoms. The third kappa shape index (κ3) is 2.37. The largest absolute Gasteiger partial charge is 0.367 e. The van der Waals surface area contributed by atoms with Gasteiger partial charge in [-0.15, -0.1) is 0 Å². The lowest BCUT2D eigenvalue weighted by Crippen LogP contribution is -2.28. The van der Waals surface area contributed by atoms with Crippen LogP contribution in [0.15, 0.2) is 60.7 Å². The van der Waals surface area contributed by atoms with Gasteiger partial charge in [0.2, 0.25) is 0 Å². The predicted octanol–water partition coefficient (Wildman–Crippen LogP) is 5.10. The lowest BCUT2D eigenvalue weighted by atomic mass is 9.98. The highest BCUT2D eigenvalue weighted by atomic mass is 15.1. The van der Waals surface area contributed by atoms with Crippen LogP contribution in [0.5, 0.6) is 0 Å². The van der Waals surface area contributed by atoms with E-state index in [0.717, 1.165) is 13.1 Å². The quantitative estimate of drug-likeness (QED) is 0.633. The standard InChI is InChI=1S/C21H21N/c1-16-11-12-21-18(14-16)9-5-13-22(21)15-19-8-4-7-17-6-2-3-10-20(17)19/h2-4,6-8,10-12,14H,5,9,13,15H2,1H3. The molecule has 1 aliphatic rings. The van der Waals surface area contributed by atoms with E-state index >= 15 is 0 Å². The van der Waals surface area contributed by atoms with Gasteiger partial charge < -0.3 is 4.90 Å². The maximum absolute atomic E-state index is 2.54. The molecule has 0 N–H and O–H groups in total. The second-order valence-electron chi connectivity index (χ2n) is 6.30. The van der Waals surface area contributed by atoms with Gasteiger partial charge in [-0.05, 0) is 47.7 Å². The van der Waals surface area contributed by atoms with Crippen molar-refractivity contribution in [2.45, 2.75) is 26.3 Å². The Morgan fingerprint density at radius 3 is 2.77 bits per heavy atom. The zero-order valence-corrected chi connectivity index (χ0v) is 13.0. The molecule has 0 aliphatic carbocycles. The summed E-state index contributed by atoms with van der Waals surface area (Å²) < 4.78 is 0. The van der Waals surface area contributed by atoms with E-state index < -0.39 is 0 Å². The van der Waals surface area contributed by atoms with Gasteiger partial charge in [0.15, 0.2) is 0 Å². The summed E-state index contributed by atoms with van der Waals surface area (Å²) in [6.45, 7) is 4.33. The van der Waals surface area contributed by atoms with Crippen molar-refractivity contribution >= 4 is 16.5 Å². The summed E-state index contributed by atoms with van der Waals surface area (Å²) in [6.07, 6.45) is 2.46. The molecule has 3 aromatic carbocycles. The monoisotopic (exact) mass is 287 g/mol. The van der Waals surface area contributed by atoms with Crippen LogP contribution in [0.2, 0.25) is 0 Å². The number of rotatable bonds is 2. The Morgan fingerprint density at radius 2 is 1.82 bits per heavy atom. The van der Waals surface area contributed by atoms with Crippen LogP contribution in [-0.2, 0) is 13.0 Å². The molecular weight excluding hydrogens is 266 g/mol. The topological polar surface area (TPSA) is 3.24 Å². The average Bonchev–Trinajstić information content (AvgIpc) is 2.55. The Balaban J connectivity index is 1.72. The van der Waals surface area contributed by atoms with Crippen LogP contribution in [-0.4, -0.2) is 6.54 Å². The highest BCUT2D eigenvalue weighted by molar-refractivity contribution is 5.86. The van der Waals surface area contributed by atoms with Gasteiger partial charge >= 0.3 is 0 Å². The summed E-state index contributed by atoms with van der Waals surface area (Å²) in [5.41, 5.74) is 5.72. The zero-order chi connectivity index (χ0) is 14.9. The van der Waals surface area contributed by atoms with Crippen molar-refractivity contribution in [3.63, 3.8) is 0 Å². The highest BCUT2D eigenvalue weighted by Gasteiger charge is 2.17. The van der Waals surface area contributed by atoms with Crippen molar-refractivity contribution in [1.29, 1.82) is 0 Å². The van der Waals surface area contributed by atoms with Crippen LogP contribution in [0, 0.1) is 6.92 Å².